The maximum atomic E-state index is 15.0. The highest BCUT2D eigenvalue weighted by atomic mass is 16.6. The van der Waals surface area contributed by atoms with Crippen LogP contribution in [0.15, 0.2) is 104 Å². The van der Waals surface area contributed by atoms with E-state index in [1.807, 2.05) is 30.3 Å². The van der Waals surface area contributed by atoms with Crippen LogP contribution in [-0.2, 0) is 54.0 Å². The molecule has 0 N–H and O–H groups in total. The van der Waals surface area contributed by atoms with Crippen LogP contribution in [-0.4, -0.2) is 52.4 Å². The molecule has 1 saturated heterocycles. The highest BCUT2D eigenvalue weighted by Crippen LogP contribution is 2.61. The molecule has 1 spiro atoms. The number of methoxy groups -OCH3 is 4. The van der Waals surface area contributed by atoms with Gasteiger partial charge in [-0.3, -0.25) is 14.4 Å². The van der Waals surface area contributed by atoms with Crippen molar-refractivity contribution in [2.45, 2.75) is 37.9 Å². The topological polar surface area (TPSA) is 119 Å². The summed E-state index contributed by atoms with van der Waals surface area (Å²) in [6.45, 7) is 3.52. The van der Waals surface area contributed by atoms with Crippen molar-refractivity contribution < 1.29 is 47.5 Å². The number of fused-ring (bicyclic) bond motifs is 2. The predicted octanol–water partition coefficient (Wildman–Crippen LogP) is 5.91. The van der Waals surface area contributed by atoms with Crippen LogP contribution < -0.4 is 23.8 Å². The van der Waals surface area contributed by atoms with E-state index >= 15 is 4.79 Å². The molecule has 0 aliphatic carbocycles. The highest BCUT2D eigenvalue weighted by Gasteiger charge is 2.77. The normalized spacial score (nSPS) is 18.5. The summed E-state index contributed by atoms with van der Waals surface area (Å²) >= 11 is 0. The minimum atomic E-state index is -2.30. The maximum absolute atomic E-state index is 15.0. The van der Waals surface area contributed by atoms with Gasteiger partial charge in [-0.25, -0.2) is 0 Å². The fourth-order valence-electron chi connectivity index (χ4n) is 6.80. The van der Waals surface area contributed by atoms with Gasteiger partial charge in [0.15, 0.2) is 0 Å². The first-order valence-corrected chi connectivity index (χ1v) is 16.3. The zero-order chi connectivity index (χ0) is 36.2. The summed E-state index contributed by atoms with van der Waals surface area (Å²) < 4.78 is 40.1. The number of carbonyl (C=O) groups excluding carboxylic acids is 3. The number of amides is 1. The third-order valence-corrected chi connectivity index (χ3v) is 9.26. The predicted molar refractivity (Wildman–Crippen MR) is 187 cm³/mol. The van der Waals surface area contributed by atoms with Gasteiger partial charge in [-0.2, -0.15) is 0 Å². The fraction of sp³-hybridized carbons (Fsp3) is 0.275. The monoisotopic (exact) mass is 693 g/mol. The van der Waals surface area contributed by atoms with E-state index in [4.69, 9.17) is 33.2 Å². The molecular weight excluding hydrogens is 654 g/mol. The number of esters is 2. The van der Waals surface area contributed by atoms with Crippen molar-refractivity contribution >= 4 is 23.5 Å². The first-order valence-electron chi connectivity index (χ1n) is 16.3. The van der Waals surface area contributed by atoms with Gasteiger partial charge in [-0.15, -0.1) is 6.58 Å². The summed E-state index contributed by atoms with van der Waals surface area (Å²) in [5.41, 5.74) is -1.70. The third-order valence-electron chi connectivity index (χ3n) is 9.26. The van der Waals surface area contributed by atoms with Gasteiger partial charge >= 0.3 is 11.9 Å². The molecule has 0 aromatic heterocycles. The summed E-state index contributed by atoms with van der Waals surface area (Å²) in [5, 5.41) is 0. The molecule has 2 aliphatic heterocycles. The van der Waals surface area contributed by atoms with Crippen LogP contribution in [0, 0.1) is 5.41 Å². The van der Waals surface area contributed by atoms with Gasteiger partial charge < -0.3 is 38.1 Å². The number of hydrogen-bond acceptors (Lipinski definition) is 10. The summed E-state index contributed by atoms with van der Waals surface area (Å²) in [5.74, 6) is -0.673. The zero-order valence-electron chi connectivity index (χ0n) is 28.9. The van der Waals surface area contributed by atoms with E-state index in [1.165, 1.54) is 39.4 Å². The number of para-hydroxylation sites is 1. The van der Waals surface area contributed by atoms with E-state index in [-0.39, 0.29) is 26.2 Å². The minimum Gasteiger partial charge on any atom is -0.497 e. The average molecular weight is 694 g/mol. The summed E-state index contributed by atoms with van der Waals surface area (Å²) in [7, 11) is 6.03. The molecule has 4 aromatic rings. The SMILES string of the molecule is C=CC1CC(C(=O)OCc2cc(OC)cc(OC)c2)(C(=O)OCc2cc(OC)cc(OC)c2)C2(O1)C(=O)N(Cc1ccccc1)c1ccccc12. The van der Waals surface area contributed by atoms with Crippen LogP contribution in [0.3, 0.4) is 0 Å². The number of carbonyl (C=O) groups is 3. The fourth-order valence-corrected chi connectivity index (χ4v) is 6.80. The van der Waals surface area contributed by atoms with Crippen molar-refractivity contribution in [1.29, 1.82) is 0 Å². The zero-order valence-corrected chi connectivity index (χ0v) is 28.9. The molecule has 4 aromatic carbocycles. The molecule has 1 amide bonds. The van der Waals surface area contributed by atoms with Gasteiger partial charge in [-0.05, 0) is 47.0 Å². The lowest BCUT2D eigenvalue weighted by molar-refractivity contribution is -0.192. The number of anilines is 1. The lowest BCUT2D eigenvalue weighted by Crippen LogP contribution is -2.59. The van der Waals surface area contributed by atoms with E-state index in [2.05, 4.69) is 6.58 Å². The Morgan fingerprint density at radius 1 is 0.745 bits per heavy atom. The second kappa shape index (κ2) is 14.6. The Hall–Kier alpha value is -5.81. The molecule has 2 aliphatic rings. The Labute approximate surface area is 296 Å². The molecule has 51 heavy (non-hydrogen) atoms. The number of nitrogens with zero attached hydrogens (tertiary/aromatic N) is 1. The van der Waals surface area contributed by atoms with Crippen LogP contribution in [0.4, 0.5) is 5.69 Å². The summed E-state index contributed by atoms with van der Waals surface area (Å²) in [4.78, 5) is 46.2. The van der Waals surface area contributed by atoms with Gasteiger partial charge in [-0.1, -0.05) is 54.6 Å². The molecule has 11 heteroatoms. The average Bonchev–Trinajstić information content (AvgIpc) is 3.65. The number of hydrogen-bond donors (Lipinski definition) is 0. The standard InChI is InChI=1S/C40H39NO10/c1-6-29-22-39(37(43)49-24-27-16-30(45-2)20-31(17-27)46-3,38(44)50-25-28-18-32(47-4)21-33(19-28)48-5)40(51-29)34-14-10-11-15-35(34)41(36(40)42)23-26-12-8-7-9-13-26/h6-21,29H,1,22-25H2,2-5H3. The largest absolute Gasteiger partial charge is 0.497 e. The van der Waals surface area contributed by atoms with Crippen LogP contribution in [0.2, 0.25) is 0 Å². The second-order valence-corrected chi connectivity index (χ2v) is 12.2. The Morgan fingerprint density at radius 3 is 1.73 bits per heavy atom. The molecule has 0 bridgehead atoms. The van der Waals surface area contributed by atoms with E-state index in [9.17, 15) is 9.59 Å². The van der Waals surface area contributed by atoms with Crippen LogP contribution >= 0.6 is 0 Å². The summed E-state index contributed by atoms with van der Waals surface area (Å²) in [6, 6.07) is 26.5. The van der Waals surface area contributed by atoms with E-state index in [0.717, 1.165) is 5.56 Å². The van der Waals surface area contributed by atoms with Gasteiger partial charge in [0.2, 0.25) is 11.0 Å². The van der Waals surface area contributed by atoms with Crippen molar-refractivity contribution in [3.63, 3.8) is 0 Å². The molecule has 1 fully saturated rings. The Balaban J connectivity index is 1.46. The first kappa shape index (κ1) is 35.0. The maximum Gasteiger partial charge on any atom is 0.327 e. The second-order valence-electron chi connectivity index (χ2n) is 12.2. The van der Waals surface area contributed by atoms with Crippen molar-refractivity contribution in [3.8, 4) is 23.0 Å². The van der Waals surface area contributed by atoms with Crippen LogP contribution in [0.1, 0.15) is 28.7 Å². The molecule has 11 nitrogen and oxygen atoms in total. The Kier molecular flexibility index (Phi) is 10.0. The van der Waals surface area contributed by atoms with Gasteiger partial charge in [0, 0.05) is 24.1 Å². The van der Waals surface area contributed by atoms with Crippen molar-refractivity contribution in [2.24, 2.45) is 5.41 Å². The molecule has 6 rings (SSSR count). The van der Waals surface area contributed by atoms with Gasteiger partial charge in [0.1, 0.15) is 36.2 Å². The Bertz CT molecular complexity index is 1830. The van der Waals surface area contributed by atoms with E-state index in [0.29, 0.717) is 45.4 Å². The lowest BCUT2D eigenvalue weighted by atomic mass is 9.67. The number of benzene rings is 4. The first-order chi connectivity index (χ1) is 24.7. The number of rotatable bonds is 13. The van der Waals surface area contributed by atoms with Gasteiger partial charge in [0.25, 0.3) is 5.91 Å². The molecule has 264 valence electrons. The lowest BCUT2D eigenvalue weighted by Gasteiger charge is -2.37. The molecule has 2 atom stereocenters. The van der Waals surface area contributed by atoms with Crippen molar-refractivity contribution in [1.82, 2.24) is 0 Å². The van der Waals surface area contributed by atoms with Crippen molar-refractivity contribution in [3.05, 3.63) is 126 Å². The van der Waals surface area contributed by atoms with Gasteiger partial charge in [0.05, 0.1) is 46.8 Å². The minimum absolute atomic E-state index is 0.161. The van der Waals surface area contributed by atoms with E-state index < -0.39 is 35.0 Å². The van der Waals surface area contributed by atoms with E-state index in [1.54, 1.807) is 60.7 Å². The molecule has 2 heterocycles. The van der Waals surface area contributed by atoms with Crippen LogP contribution in [0.25, 0.3) is 0 Å². The Morgan fingerprint density at radius 2 is 1.24 bits per heavy atom. The molecule has 0 saturated carbocycles. The number of ether oxygens (including phenoxy) is 7. The molecular formula is C40H39NO10. The smallest absolute Gasteiger partial charge is 0.327 e. The van der Waals surface area contributed by atoms with Crippen LogP contribution in [0.5, 0.6) is 23.0 Å². The third kappa shape index (κ3) is 6.25. The molecule has 2 unspecified atom stereocenters. The summed E-state index contributed by atoms with van der Waals surface area (Å²) in [6.07, 6.45) is 0.309. The highest BCUT2D eigenvalue weighted by molar-refractivity contribution is 6.16. The quantitative estimate of drug-likeness (QED) is 0.0950. The molecule has 0 radical (unpaired) electrons. The van der Waals surface area contributed by atoms with Crippen molar-refractivity contribution in [2.75, 3.05) is 33.3 Å².